The molecule has 1 heterocycles. The molecule has 0 radical (unpaired) electrons. The second-order valence-corrected chi connectivity index (χ2v) is 6.00. The van der Waals surface area contributed by atoms with Gasteiger partial charge in [-0.1, -0.05) is 17.7 Å². The number of phenolic OH excluding ortho intramolecular Hbond substituents is 1. The minimum Gasteiger partial charge on any atom is -0.508 e. The van der Waals surface area contributed by atoms with Gasteiger partial charge in [0.25, 0.3) is 0 Å². The highest BCUT2D eigenvalue weighted by Gasteiger charge is 2.18. The molecule has 0 saturated heterocycles. The first-order chi connectivity index (χ1) is 12.0. The van der Waals surface area contributed by atoms with Gasteiger partial charge in [-0.2, -0.15) is 0 Å². The molecule has 0 amide bonds. The maximum absolute atomic E-state index is 12.4. The Balaban J connectivity index is 0.00000243. The summed E-state index contributed by atoms with van der Waals surface area (Å²) < 4.78 is 5.14. The Bertz CT molecular complexity index is 961. The monoisotopic (exact) mass is 392 g/mol. The minimum absolute atomic E-state index is 0. The Morgan fingerprint density at radius 1 is 1.31 bits per heavy atom. The van der Waals surface area contributed by atoms with Crippen LogP contribution in [-0.4, -0.2) is 22.7 Å². The van der Waals surface area contributed by atoms with Crippen molar-refractivity contribution in [2.75, 3.05) is 11.9 Å². The lowest BCUT2D eigenvalue weighted by molar-refractivity contribution is 0.0527. The van der Waals surface area contributed by atoms with Crippen molar-refractivity contribution in [1.82, 2.24) is 4.98 Å². The quantitative estimate of drug-likeness (QED) is 0.593. The van der Waals surface area contributed by atoms with Crippen LogP contribution in [0.3, 0.4) is 0 Å². The van der Waals surface area contributed by atoms with Crippen molar-refractivity contribution < 1.29 is 14.6 Å². The molecule has 2 N–H and O–H groups in total. The van der Waals surface area contributed by atoms with Crippen molar-refractivity contribution in [3.8, 4) is 5.75 Å². The van der Waals surface area contributed by atoms with Gasteiger partial charge in [0.05, 0.1) is 17.8 Å². The first kappa shape index (κ1) is 19.8. The highest BCUT2D eigenvalue weighted by Crippen LogP contribution is 2.33. The number of carbonyl (C=O) groups is 1. The fourth-order valence-electron chi connectivity index (χ4n) is 2.66. The minimum atomic E-state index is -0.475. The van der Waals surface area contributed by atoms with Crippen molar-refractivity contribution in [1.29, 1.82) is 0 Å². The van der Waals surface area contributed by atoms with Crippen molar-refractivity contribution in [3.63, 3.8) is 0 Å². The van der Waals surface area contributed by atoms with E-state index in [1.807, 2.05) is 13.0 Å². The lowest BCUT2D eigenvalue weighted by Gasteiger charge is -2.15. The zero-order chi connectivity index (χ0) is 18.0. The average Bonchev–Trinajstić information content (AvgIpc) is 2.55. The second kappa shape index (κ2) is 8.25. The number of nitrogens with one attached hydrogen (secondary N) is 1. The molecule has 0 atom stereocenters. The van der Waals surface area contributed by atoms with Crippen LogP contribution in [0.4, 0.5) is 11.4 Å². The molecule has 136 valence electrons. The Hall–Kier alpha value is -2.50. The molecule has 3 rings (SSSR count). The molecule has 0 aliphatic carbocycles. The summed E-state index contributed by atoms with van der Waals surface area (Å²) in [5, 5.41) is 14.1. The average molecular weight is 393 g/mol. The maximum Gasteiger partial charge on any atom is 0.341 e. The maximum atomic E-state index is 12.4. The smallest absolute Gasteiger partial charge is 0.341 e. The second-order valence-electron chi connectivity index (χ2n) is 5.56. The molecule has 0 saturated carbocycles. The van der Waals surface area contributed by atoms with E-state index in [4.69, 9.17) is 16.3 Å². The van der Waals surface area contributed by atoms with Crippen molar-refractivity contribution in [2.45, 2.75) is 13.8 Å². The van der Waals surface area contributed by atoms with Gasteiger partial charge in [0, 0.05) is 28.4 Å². The Kier molecular flexibility index (Phi) is 6.29. The topological polar surface area (TPSA) is 71.5 Å². The van der Waals surface area contributed by atoms with Gasteiger partial charge in [-0.05, 0) is 43.7 Å². The lowest BCUT2D eigenvalue weighted by Crippen LogP contribution is -2.09. The molecule has 0 aliphatic heterocycles. The number of pyridine rings is 1. The molecule has 2 aromatic carbocycles. The number of aromatic nitrogens is 1. The third-order valence-corrected chi connectivity index (χ3v) is 3.96. The van der Waals surface area contributed by atoms with Crippen LogP contribution in [0.25, 0.3) is 10.9 Å². The summed E-state index contributed by atoms with van der Waals surface area (Å²) in [6.07, 6.45) is 1.49. The van der Waals surface area contributed by atoms with Crippen LogP contribution in [0.2, 0.25) is 5.02 Å². The summed E-state index contributed by atoms with van der Waals surface area (Å²) in [7, 11) is 0. The number of anilines is 2. The molecule has 7 heteroatoms. The number of esters is 1. The largest absolute Gasteiger partial charge is 0.508 e. The Morgan fingerprint density at radius 3 is 2.77 bits per heavy atom. The fourth-order valence-corrected chi connectivity index (χ4v) is 2.94. The summed E-state index contributed by atoms with van der Waals surface area (Å²) in [4.78, 5) is 16.7. The van der Waals surface area contributed by atoms with Gasteiger partial charge < -0.3 is 15.2 Å². The number of ether oxygens (including phenoxy) is 1. The predicted octanol–water partition coefficient (Wildman–Crippen LogP) is 5.24. The van der Waals surface area contributed by atoms with Gasteiger partial charge in [0.1, 0.15) is 11.3 Å². The summed E-state index contributed by atoms with van der Waals surface area (Å²) in [6.45, 7) is 3.91. The molecule has 0 fully saturated rings. The van der Waals surface area contributed by atoms with Crippen molar-refractivity contribution >= 4 is 52.3 Å². The summed E-state index contributed by atoms with van der Waals surface area (Å²) in [5.74, 6) is -0.354. The number of aryl methyl sites for hydroxylation is 1. The number of carbonyl (C=O) groups excluding carboxylic acids is 1. The van der Waals surface area contributed by atoms with E-state index in [1.54, 1.807) is 37.3 Å². The third-order valence-electron chi connectivity index (χ3n) is 3.74. The van der Waals surface area contributed by atoms with Gasteiger partial charge >= 0.3 is 5.97 Å². The number of hydrogen-bond acceptors (Lipinski definition) is 5. The molecule has 0 spiro atoms. The molecule has 0 bridgehead atoms. The predicted molar refractivity (Wildman–Crippen MR) is 106 cm³/mol. The van der Waals surface area contributed by atoms with E-state index < -0.39 is 5.97 Å². The van der Waals surface area contributed by atoms with Crippen molar-refractivity contribution in [2.24, 2.45) is 0 Å². The number of nitrogens with zero attached hydrogens (tertiary/aromatic N) is 1. The fraction of sp³-hybridized carbons (Fsp3) is 0.158. The molecule has 0 aliphatic rings. The number of rotatable bonds is 4. The van der Waals surface area contributed by atoms with Crippen LogP contribution in [0, 0.1) is 6.92 Å². The highest BCUT2D eigenvalue weighted by atomic mass is 35.5. The standard InChI is InChI=1S/C19H17ClN2O3.ClH/c1-3-25-19(24)16-10-21-17-11(2)7-12(20)8-15(17)18(16)22-13-5-4-6-14(23)9-13;/h4-10,23H,3H2,1-2H3,(H,21,22);1H. The van der Waals surface area contributed by atoms with E-state index in [1.165, 1.54) is 6.20 Å². The van der Waals surface area contributed by atoms with E-state index in [0.29, 0.717) is 27.3 Å². The van der Waals surface area contributed by atoms with E-state index in [-0.39, 0.29) is 24.8 Å². The highest BCUT2D eigenvalue weighted by molar-refractivity contribution is 6.31. The number of aromatic hydroxyl groups is 1. The van der Waals surface area contributed by atoms with E-state index in [2.05, 4.69) is 10.3 Å². The first-order valence-corrected chi connectivity index (χ1v) is 8.19. The zero-order valence-corrected chi connectivity index (χ0v) is 15.8. The van der Waals surface area contributed by atoms with Crippen molar-refractivity contribution in [3.05, 3.63) is 58.7 Å². The molecular weight excluding hydrogens is 375 g/mol. The van der Waals surface area contributed by atoms with Gasteiger partial charge in [0.15, 0.2) is 0 Å². The molecule has 1 aromatic heterocycles. The molecular formula is C19H18Cl2N2O3. The van der Waals surface area contributed by atoms with Gasteiger partial charge in [0.2, 0.25) is 0 Å². The van der Waals surface area contributed by atoms with Crippen LogP contribution < -0.4 is 5.32 Å². The van der Waals surface area contributed by atoms with E-state index >= 15 is 0 Å². The Labute approximate surface area is 162 Å². The van der Waals surface area contributed by atoms with Gasteiger partial charge in [-0.3, -0.25) is 4.98 Å². The molecule has 0 unspecified atom stereocenters. The summed E-state index contributed by atoms with van der Waals surface area (Å²) >= 11 is 6.21. The van der Waals surface area contributed by atoms with Gasteiger partial charge in [-0.15, -0.1) is 12.4 Å². The normalized spacial score (nSPS) is 10.3. The summed E-state index contributed by atoms with van der Waals surface area (Å²) in [5.41, 5.74) is 3.12. The molecule has 26 heavy (non-hydrogen) atoms. The number of benzene rings is 2. The van der Waals surface area contributed by atoms with Gasteiger partial charge in [-0.25, -0.2) is 4.79 Å². The number of halogens is 2. The van der Waals surface area contributed by atoms with Crippen LogP contribution in [0.15, 0.2) is 42.6 Å². The zero-order valence-electron chi connectivity index (χ0n) is 14.2. The van der Waals surface area contributed by atoms with E-state index in [0.717, 1.165) is 11.1 Å². The van der Waals surface area contributed by atoms with Crippen LogP contribution >= 0.6 is 24.0 Å². The lowest BCUT2D eigenvalue weighted by atomic mass is 10.1. The van der Waals surface area contributed by atoms with Crippen LogP contribution in [0.5, 0.6) is 5.75 Å². The van der Waals surface area contributed by atoms with Crippen LogP contribution in [0.1, 0.15) is 22.8 Å². The summed E-state index contributed by atoms with van der Waals surface area (Å²) in [6, 6.07) is 10.2. The van der Waals surface area contributed by atoms with E-state index in [9.17, 15) is 9.90 Å². The van der Waals surface area contributed by atoms with Crippen LogP contribution in [-0.2, 0) is 4.74 Å². The molecule has 5 nitrogen and oxygen atoms in total. The SMILES string of the molecule is CCOC(=O)c1cnc2c(C)cc(Cl)cc2c1Nc1cccc(O)c1.Cl. The number of fused-ring (bicyclic) bond motifs is 1. The molecule has 3 aromatic rings. The third kappa shape index (κ3) is 4.00. The number of hydrogen-bond donors (Lipinski definition) is 2. The number of phenols is 1. The Morgan fingerprint density at radius 2 is 2.08 bits per heavy atom. The first-order valence-electron chi connectivity index (χ1n) is 7.81.